The molecule has 0 radical (unpaired) electrons. The van der Waals surface area contributed by atoms with Crippen molar-refractivity contribution in [2.75, 3.05) is 37.7 Å². The van der Waals surface area contributed by atoms with E-state index in [1.54, 1.807) is 23.5 Å². The van der Waals surface area contributed by atoms with Crippen LogP contribution in [-0.4, -0.2) is 53.5 Å². The minimum atomic E-state index is -0.440. The molecule has 2 aromatic carbocycles. The zero-order valence-electron chi connectivity index (χ0n) is 16.6. The SMILES string of the molecule is CCOc1cccc2sc(N3CCN(C(=O)Cc4ccc([N+](=O)[O-])cc4)CC3)nc12. The van der Waals surface area contributed by atoms with Gasteiger partial charge in [0.1, 0.15) is 11.3 Å². The maximum atomic E-state index is 12.6. The summed E-state index contributed by atoms with van der Waals surface area (Å²) in [4.78, 5) is 31.8. The number of carbonyl (C=O) groups excluding carboxylic acids is 1. The molecule has 1 amide bonds. The molecule has 1 aliphatic heterocycles. The number of amides is 1. The van der Waals surface area contributed by atoms with Gasteiger partial charge in [0.05, 0.1) is 22.7 Å². The number of ether oxygens (including phenoxy) is 1. The average molecular weight is 426 g/mol. The summed E-state index contributed by atoms with van der Waals surface area (Å²) in [7, 11) is 0. The first kappa shape index (κ1) is 20.1. The molecule has 2 heterocycles. The van der Waals surface area contributed by atoms with Crippen molar-refractivity contribution in [3.05, 3.63) is 58.1 Å². The highest BCUT2D eigenvalue weighted by atomic mass is 32.1. The number of carbonyl (C=O) groups is 1. The molecule has 9 heteroatoms. The van der Waals surface area contributed by atoms with Crippen molar-refractivity contribution in [1.82, 2.24) is 9.88 Å². The molecule has 1 aliphatic rings. The Kier molecular flexibility index (Phi) is 5.80. The first-order chi connectivity index (χ1) is 14.5. The molecule has 0 atom stereocenters. The number of para-hydroxylation sites is 1. The normalized spacial score (nSPS) is 14.2. The second-order valence-corrected chi connectivity index (χ2v) is 8.01. The van der Waals surface area contributed by atoms with Crippen molar-refractivity contribution in [2.24, 2.45) is 0 Å². The zero-order valence-corrected chi connectivity index (χ0v) is 17.4. The van der Waals surface area contributed by atoms with Crippen LogP contribution in [-0.2, 0) is 11.2 Å². The second-order valence-electron chi connectivity index (χ2n) is 7.00. The lowest BCUT2D eigenvalue weighted by molar-refractivity contribution is -0.384. The molecule has 0 N–H and O–H groups in total. The Labute approximate surface area is 177 Å². The number of nitro benzene ring substituents is 1. The van der Waals surface area contributed by atoms with Crippen LogP contribution in [0.25, 0.3) is 10.2 Å². The first-order valence-electron chi connectivity index (χ1n) is 9.83. The maximum absolute atomic E-state index is 12.6. The van der Waals surface area contributed by atoms with Crippen LogP contribution in [0.15, 0.2) is 42.5 Å². The van der Waals surface area contributed by atoms with Crippen molar-refractivity contribution in [1.29, 1.82) is 0 Å². The lowest BCUT2D eigenvalue weighted by atomic mass is 10.1. The van der Waals surface area contributed by atoms with Crippen molar-refractivity contribution >= 4 is 38.3 Å². The summed E-state index contributed by atoms with van der Waals surface area (Å²) in [5.41, 5.74) is 1.70. The van der Waals surface area contributed by atoms with Gasteiger partial charge in [-0.1, -0.05) is 29.5 Å². The van der Waals surface area contributed by atoms with Crippen LogP contribution in [0.3, 0.4) is 0 Å². The fourth-order valence-electron chi connectivity index (χ4n) is 3.49. The number of hydrogen-bond acceptors (Lipinski definition) is 7. The van der Waals surface area contributed by atoms with Gasteiger partial charge >= 0.3 is 0 Å². The van der Waals surface area contributed by atoms with E-state index in [9.17, 15) is 14.9 Å². The summed E-state index contributed by atoms with van der Waals surface area (Å²) < 4.78 is 6.77. The quantitative estimate of drug-likeness (QED) is 0.443. The number of thiazole rings is 1. The Morgan fingerprint density at radius 3 is 2.57 bits per heavy atom. The Bertz CT molecular complexity index is 1060. The third kappa shape index (κ3) is 4.20. The molecular formula is C21H22N4O4S. The highest BCUT2D eigenvalue weighted by molar-refractivity contribution is 7.22. The number of aromatic nitrogens is 1. The summed E-state index contributed by atoms with van der Waals surface area (Å²) in [6.45, 7) is 5.24. The largest absolute Gasteiger partial charge is 0.492 e. The molecule has 1 saturated heterocycles. The van der Waals surface area contributed by atoms with Gasteiger partial charge in [-0.25, -0.2) is 4.98 Å². The zero-order chi connectivity index (χ0) is 21.1. The van der Waals surface area contributed by atoms with Crippen molar-refractivity contribution in [3.63, 3.8) is 0 Å². The van der Waals surface area contributed by atoms with Gasteiger partial charge in [0.25, 0.3) is 5.69 Å². The molecule has 0 saturated carbocycles. The van der Waals surface area contributed by atoms with E-state index >= 15 is 0 Å². The van der Waals surface area contributed by atoms with E-state index in [0.29, 0.717) is 19.7 Å². The first-order valence-corrected chi connectivity index (χ1v) is 10.6. The number of benzene rings is 2. The second kappa shape index (κ2) is 8.66. The Hall–Kier alpha value is -3.20. The molecule has 30 heavy (non-hydrogen) atoms. The van der Waals surface area contributed by atoms with Gasteiger partial charge in [-0.3, -0.25) is 14.9 Å². The van der Waals surface area contributed by atoms with Crippen LogP contribution in [0.1, 0.15) is 12.5 Å². The number of nitrogens with zero attached hydrogens (tertiary/aromatic N) is 4. The van der Waals surface area contributed by atoms with E-state index in [1.165, 1.54) is 12.1 Å². The smallest absolute Gasteiger partial charge is 0.269 e. The van der Waals surface area contributed by atoms with Gasteiger partial charge in [-0.05, 0) is 24.6 Å². The molecule has 0 aliphatic carbocycles. The molecule has 3 aromatic rings. The van der Waals surface area contributed by atoms with Gasteiger partial charge in [-0.2, -0.15) is 0 Å². The molecule has 4 rings (SSSR count). The highest BCUT2D eigenvalue weighted by Crippen LogP contribution is 2.34. The predicted molar refractivity (Wildman–Crippen MR) is 116 cm³/mol. The summed E-state index contributed by atoms with van der Waals surface area (Å²) in [6, 6.07) is 12.1. The van der Waals surface area contributed by atoms with Gasteiger partial charge in [0.2, 0.25) is 5.91 Å². The third-order valence-electron chi connectivity index (χ3n) is 5.08. The van der Waals surface area contributed by atoms with Crippen LogP contribution in [0.2, 0.25) is 0 Å². The predicted octanol–water partition coefficient (Wildman–Crippen LogP) is 3.49. The van der Waals surface area contributed by atoms with Gasteiger partial charge in [0, 0.05) is 38.3 Å². The van der Waals surface area contributed by atoms with E-state index in [-0.39, 0.29) is 18.0 Å². The minimum Gasteiger partial charge on any atom is -0.492 e. The van der Waals surface area contributed by atoms with Crippen LogP contribution < -0.4 is 9.64 Å². The summed E-state index contributed by atoms with van der Waals surface area (Å²) in [5, 5.41) is 11.7. The van der Waals surface area contributed by atoms with E-state index in [2.05, 4.69) is 4.90 Å². The average Bonchev–Trinajstić information content (AvgIpc) is 3.20. The number of anilines is 1. The number of fused-ring (bicyclic) bond motifs is 1. The fraction of sp³-hybridized carbons (Fsp3) is 0.333. The fourth-order valence-corrected chi connectivity index (χ4v) is 4.52. The number of non-ortho nitro benzene ring substituents is 1. The van der Waals surface area contributed by atoms with Crippen LogP contribution in [0.4, 0.5) is 10.8 Å². The maximum Gasteiger partial charge on any atom is 0.269 e. The van der Waals surface area contributed by atoms with E-state index in [0.717, 1.165) is 39.8 Å². The van der Waals surface area contributed by atoms with Crippen molar-refractivity contribution in [3.8, 4) is 5.75 Å². The summed E-state index contributed by atoms with van der Waals surface area (Å²) >= 11 is 1.64. The number of hydrogen-bond donors (Lipinski definition) is 0. The number of nitro groups is 1. The topological polar surface area (TPSA) is 88.8 Å². The molecular weight excluding hydrogens is 404 g/mol. The molecule has 1 aromatic heterocycles. The lowest BCUT2D eigenvalue weighted by Crippen LogP contribution is -2.49. The van der Waals surface area contributed by atoms with Crippen LogP contribution in [0.5, 0.6) is 5.75 Å². The number of rotatable bonds is 6. The van der Waals surface area contributed by atoms with Crippen molar-refractivity contribution < 1.29 is 14.5 Å². The van der Waals surface area contributed by atoms with Gasteiger partial charge in [-0.15, -0.1) is 0 Å². The van der Waals surface area contributed by atoms with E-state index < -0.39 is 4.92 Å². The Balaban J connectivity index is 1.37. The molecule has 0 unspecified atom stereocenters. The lowest BCUT2D eigenvalue weighted by Gasteiger charge is -2.34. The monoisotopic (exact) mass is 426 g/mol. The Morgan fingerprint density at radius 1 is 1.17 bits per heavy atom. The summed E-state index contributed by atoms with van der Waals surface area (Å²) in [6.07, 6.45) is 0.247. The molecule has 8 nitrogen and oxygen atoms in total. The molecule has 1 fully saturated rings. The van der Waals surface area contributed by atoms with Gasteiger partial charge in [0.15, 0.2) is 5.13 Å². The van der Waals surface area contributed by atoms with Gasteiger partial charge < -0.3 is 14.5 Å². The standard InChI is InChI=1S/C21H22N4O4S/c1-2-29-17-4-3-5-18-20(17)22-21(30-18)24-12-10-23(11-13-24)19(26)14-15-6-8-16(9-7-15)25(27)28/h3-9H,2,10-14H2,1H3. The van der Waals surface area contributed by atoms with Crippen LogP contribution >= 0.6 is 11.3 Å². The molecule has 0 spiro atoms. The van der Waals surface area contributed by atoms with Crippen LogP contribution in [0, 0.1) is 10.1 Å². The molecule has 156 valence electrons. The number of piperazine rings is 1. The summed E-state index contributed by atoms with van der Waals surface area (Å²) in [5.74, 6) is 0.834. The minimum absolute atomic E-state index is 0.0307. The Morgan fingerprint density at radius 2 is 1.90 bits per heavy atom. The molecule has 0 bridgehead atoms. The van der Waals surface area contributed by atoms with E-state index in [4.69, 9.17) is 9.72 Å². The third-order valence-corrected chi connectivity index (χ3v) is 6.16. The van der Waals surface area contributed by atoms with E-state index in [1.807, 2.05) is 30.0 Å². The van der Waals surface area contributed by atoms with Crippen molar-refractivity contribution in [2.45, 2.75) is 13.3 Å². The highest BCUT2D eigenvalue weighted by Gasteiger charge is 2.24.